The van der Waals surface area contributed by atoms with E-state index in [1.165, 1.54) is 59.8 Å². The van der Waals surface area contributed by atoms with E-state index in [1.807, 2.05) is 18.7 Å². The van der Waals surface area contributed by atoms with Gasteiger partial charge in [0.2, 0.25) is 0 Å². The number of aryl methyl sites for hydroxylation is 2. The molecule has 1 fully saturated rings. The van der Waals surface area contributed by atoms with Crippen molar-refractivity contribution in [1.29, 1.82) is 0 Å². The maximum absolute atomic E-state index is 6.48. The summed E-state index contributed by atoms with van der Waals surface area (Å²) in [4.78, 5) is 0. The van der Waals surface area contributed by atoms with Crippen LogP contribution in [0.3, 0.4) is 0 Å². The van der Waals surface area contributed by atoms with Crippen molar-refractivity contribution in [3.8, 4) is 5.75 Å². The van der Waals surface area contributed by atoms with Gasteiger partial charge in [-0.2, -0.15) is 0 Å². The molecule has 2 aromatic heterocycles. The number of hydrogen-bond donors (Lipinski definition) is 0. The van der Waals surface area contributed by atoms with Crippen molar-refractivity contribution in [1.82, 2.24) is 0 Å². The zero-order valence-corrected chi connectivity index (χ0v) is 23.0. The lowest BCUT2D eigenvalue weighted by Gasteiger charge is -2.37. The van der Waals surface area contributed by atoms with Gasteiger partial charge in [0.1, 0.15) is 33.0 Å². The molecule has 4 heteroatoms. The maximum Gasteiger partial charge on any atom is 0.169 e. The molecule has 1 aliphatic rings. The van der Waals surface area contributed by atoms with Gasteiger partial charge >= 0.3 is 0 Å². The summed E-state index contributed by atoms with van der Waals surface area (Å²) < 4.78 is 11.7. The van der Waals surface area contributed by atoms with Crippen LogP contribution in [0.15, 0.2) is 79.4 Å². The largest absolute Gasteiger partial charge is 0.487 e. The molecule has 194 valence electrons. The highest BCUT2D eigenvalue weighted by molar-refractivity contribution is 5.96. The monoisotopic (exact) mass is 506 g/mol. The number of fused-ring (bicyclic) bond motifs is 1. The molecule has 5 rings (SSSR count). The van der Waals surface area contributed by atoms with E-state index in [2.05, 4.69) is 115 Å². The van der Waals surface area contributed by atoms with Gasteiger partial charge in [-0.1, -0.05) is 42.5 Å². The molecule has 4 aromatic rings. The first-order valence-electron chi connectivity index (χ1n) is 13.8. The molecule has 38 heavy (non-hydrogen) atoms. The highest BCUT2D eigenvalue weighted by Gasteiger charge is 2.24. The number of nitrogens with zero attached hydrogens (tertiary/aromatic N) is 3. The van der Waals surface area contributed by atoms with Crippen LogP contribution in [0, 0.1) is 0 Å². The number of hydrogen-bond acceptors (Lipinski definition) is 1. The lowest BCUT2D eigenvalue weighted by Crippen LogP contribution is -2.50. The third-order valence-corrected chi connectivity index (χ3v) is 7.75. The van der Waals surface area contributed by atoms with Crippen LogP contribution in [-0.2, 0) is 14.1 Å². The molecular formula is C34H40N3O+3. The quantitative estimate of drug-likeness (QED) is 0.217. The van der Waals surface area contributed by atoms with Gasteiger partial charge < -0.3 is 9.22 Å². The number of benzene rings is 2. The third kappa shape index (κ3) is 6.56. The van der Waals surface area contributed by atoms with Crippen LogP contribution in [-0.4, -0.2) is 37.8 Å². The molecule has 0 atom stereocenters. The predicted molar refractivity (Wildman–Crippen MR) is 157 cm³/mol. The highest BCUT2D eigenvalue weighted by atomic mass is 16.5. The van der Waals surface area contributed by atoms with Crippen molar-refractivity contribution in [2.75, 3.05) is 33.3 Å². The van der Waals surface area contributed by atoms with Crippen LogP contribution in [0.2, 0.25) is 0 Å². The number of pyridine rings is 2. The Bertz CT molecular complexity index is 1430. The van der Waals surface area contributed by atoms with Gasteiger partial charge in [-0.05, 0) is 58.9 Å². The summed E-state index contributed by atoms with van der Waals surface area (Å²) in [7, 11) is 6.46. The van der Waals surface area contributed by atoms with E-state index in [4.69, 9.17) is 4.74 Å². The molecule has 1 aliphatic heterocycles. The number of quaternary nitrogens is 1. The fourth-order valence-corrected chi connectivity index (χ4v) is 5.25. The number of piperidine rings is 1. The Morgan fingerprint density at radius 1 is 0.711 bits per heavy atom. The van der Waals surface area contributed by atoms with E-state index < -0.39 is 0 Å². The molecule has 0 aliphatic carbocycles. The lowest BCUT2D eigenvalue weighted by atomic mass is 9.99. The number of ether oxygens (including phenoxy) is 1. The summed E-state index contributed by atoms with van der Waals surface area (Å²) in [5, 5.41) is 2.43. The summed E-state index contributed by atoms with van der Waals surface area (Å²) in [5.74, 6) is 0.958. The van der Waals surface area contributed by atoms with Gasteiger partial charge in [0, 0.05) is 29.8 Å². The molecule has 1 saturated heterocycles. The average molecular weight is 507 g/mol. The minimum absolute atomic E-state index is 0.736. The van der Waals surface area contributed by atoms with Gasteiger partial charge in [-0.3, -0.25) is 0 Å². The van der Waals surface area contributed by atoms with Crippen LogP contribution in [0.5, 0.6) is 5.75 Å². The Morgan fingerprint density at radius 2 is 1.32 bits per heavy atom. The summed E-state index contributed by atoms with van der Waals surface area (Å²) in [6.45, 7) is 4.31. The van der Waals surface area contributed by atoms with Gasteiger partial charge in [0.05, 0.1) is 20.1 Å². The smallest absolute Gasteiger partial charge is 0.169 e. The lowest BCUT2D eigenvalue weighted by molar-refractivity contribution is -0.914. The second kappa shape index (κ2) is 11.7. The Morgan fingerprint density at radius 3 is 1.97 bits per heavy atom. The molecule has 3 heterocycles. The van der Waals surface area contributed by atoms with Gasteiger partial charge in [-0.15, -0.1) is 0 Å². The van der Waals surface area contributed by atoms with Gasteiger partial charge in [-0.25, -0.2) is 9.13 Å². The molecule has 2 aromatic carbocycles. The molecule has 0 unspecified atom stereocenters. The van der Waals surface area contributed by atoms with Crippen LogP contribution in [0.25, 0.3) is 35.1 Å². The molecular weight excluding hydrogens is 466 g/mol. The molecule has 0 spiro atoms. The number of rotatable bonds is 8. The fraction of sp³-hybridized carbons (Fsp3) is 0.294. The highest BCUT2D eigenvalue weighted by Crippen LogP contribution is 2.31. The van der Waals surface area contributed by atoms with E-state index in [0.29, 0.717) is 0 Å². The predicted octanol–water partition coefficient (Wildman–Crippen LogP) is 5.84. The van der Waals surface area contributed by atoms with Crippen LogP contribution >= 0.6 is 0 Å². The molecule has 0 bridgehead atoms. The van der Waals surface area contributed by atoms with Crippen molar-refractivity contribution in [2.24, 2.45) is 14.1 Å². The average Bonchev–Trinajstić information content (AvgIpc) is 2.93. The fourth-order valence-electron chi connectivity index (χ4n) is 5.25. The van der Waals surface area contributed by atoms with Crippen LogP contribution in [0.4, 0.5) is 0 Å². The van der Waals surface area contributed by atoms with Crippen molar-refractivity contribution in [3.05, 3.63) is 102 Å². The first-order valence-corrected chi connectivity index (χ1v) is 13.8. The molecule has 4 nitrogen and oxygen atoms in total. The summed E-state index contributed by atoms with van der Waals surface area (Å²) in [6.07, 6.45) is 21.1. The normalized spacial score (nSPS) is 15.4. The summed E-state index contributed by atoms with van der Waals surface area (Å²) in [5.41, 5.74) is 4.70. The van der Waals surface area contributed by atoms with E-state index in [0.717, 1.165) is 28.9 Å². The van der Waals surface area contributed by atoms with Crippen molar-refractivity contribution in [3.63, 3.8) is 0 Å². The van der Waals surface area contributed by atoms with E-state index >= 15 is 0 Å². The van der Waals surface area contributed by atoms with E-state index in [-0.39, 0.29) is 0 Å². The first-order chi connectivity index (χ1) is 18.5. The second-order valence-electron chi connectivity index (χ2n) is 10.9. The minimum Gasteiger partial charge on any atom is -0.487 e. The Kier molecular flexibility index (Phi) is 8.00. The second-order valence-corrected chi connectivity index (χ2v) is 10.9. The third-order valence-electron chi connectivity index (χ3n) is 7.75. The van der Waals surface area contributed by atoms with Crippen LogP contribution < -0.4 is 13.9 Å². The van der Waals surface area contributed by atoms with Crippen molar-refractivity contribution >= 4 is 35.1 Å². The van der Waals surface area contributed by atoms with Crippen molar-refractivity contribution in [2.45, 2.75) is 19.3 Å². The summed E-state index contributed by atoms with van der Waals surface area (Å²) in [6, 6.07) is 19.6. The topological polar surface area (TPSA) is 17.0 Å². The molecule has 0 N–H and O–H groups in total. The molecule has 0 radical (unpaired) electrons. The number of likely N-dealkylation sites (tertiary alicyclic amines) is 1. The maximum atomic E-state index is 6.48. The first kappa shape index (κ1) is 25.9. The molecule has 0 amide bonds. The number of likely N-dealkylation sites (N-methyl/N-ethyl adjacent to an activating group) is 1. The Hall–Kier alpha value is -3.76. The van der Waals surface area contributed by atoms with Crippen LogP contribution in [0.1, 0.15) is 41.5 Å². The van der Waals surface area contributed by atoms with E-state index in [1.54, 1.807) is 0 Å². The number of aromatic nitrogens is 2. The zero-order valence-electron chi connectivity index (χ0n) is 23.0. The van der Waals surface area contributed by atoms with Gasteiger partial charge in [0.25, 0.3) is 0 Å². The Balaban J connectivity index is 1.42. The van der Waals surface area contributed by atoms with Gasteiger partial charge in [0.15, 0.2) is 24.8 Å². The SMILES string of the molecule is C[n+]1ccc(/C=C/c2ccc3c(/C=C/c4cc[n+](C)cc4)c(OCC[N+]4(C)CCCCC4)ccc3c2)cc1. The molecule has 0 saturated carbocycles. The standard InChI is InChI=1S/C34H40N3O/c1-35-19-15-28(16-20-35)7-8-30-10-12-32-31(27-30)11-14-34(38-26-25-37(3)23-5-4-6-24-37)33(32)13-9-29-17-21-36(2)22-18-29/h7-22,27H,4-6,23-26H2,1-3H3/q+3/b8-7+,13-9+. The van der Waals surface area contributed by atoms with E-state index in [9.17, 15) is 0 Å². The zero-order chi connectivity index (χ0) is 26.4. The minimum atomic E-state index is 0.736. The Labute approximate surface area is 227 Å². The van der Waals surface area contributed by atoms with Crippen molar-refractivity contribution < 1.29 is 18.4 Å². The summed E-state index contributed by atoms with van der Waals surface area (Å²) >= 11 is 0.